The van der Waals surface area contributed by atoms with E-state index in [1.54, 1.807) is 40.8 Å². The monoisotopic (exact) mass is 407 g/mol. The number of carbonyl (C=O) groups is 1. The first kappa shape index (κ1) is 14.8. The maximum absolute atomic E-state index is 11.1. The van der Waals surface area contributed by atoms with Crippen LogP contribution in [-0.2, 0) is 6.42 Å². The Morgan fingerprint density at radius 2 is 1.91 bits per heavy atom. The summed E-state index contributed by atoms with van der Waals surface area (Å²) in [5, 5.41) is 5.85. The number of nitrogens with one attached hydrogen (secondary N) is 2. The average molecular weight is 407 g/mol. The number of benzene rings is 2. The number of oxazole rings is 1. The highest BCUT2D eigenvalue weighted by atomic mass is 127. The summed E-state index contributed by atoms with van der Waals surface area (Å²) in [5.74, 6) is 0. The van der Waals surface area contributed by atoms with E-state index >= 15 is 0 Å². The third-order valence-electron chi connectivity index (χ3n) is 3.24. The Labute approximate surface area is 141 Å². The Balaban J connectivity index is 1.83. The molecule has 0 fully saturated rings. The molecule has 0 radical (unpaired) electrons. The van der Waals surface area contributed by atoms with E-state index in [1.807, 2.05) is 12.1 Å². The molecule has 0 aliphatic rings. The van der Waals surface area contributed by atoms with Gasteiger partial charge in [0.25, 0.3) is 9.93 Å². The van der Waals surface area contributed by atoms with Gasteiger partial charge in [0.1, 0.15) is 5.52 Å². The van der Waals surface area contributed by atoms with Crippen molar-refractivity contribution in [2.75, 3.05) is 10.6 Å². The molecule has 1 heterocycles. The van der Waals surface area contributed by atoms with Crippen molar-refractivity contribution in [1.29, 1.82) is 0 Å². The number of fused-ring (bicyclic) bond motifs is 1. The number of halogens is 1. The number of hydrogen-bond donors (Lipinski definition) is 2. The molecule has 0 spiro atoms. The summed E-state index contributed by atoms with van der Waals surface area (Å²) in [7, 11) is 0. The first-order valence-corrected chi connectivity index (χ1v) is 7.95. The van der Waals surface area contributed by atoms with Crippen LogP contribution >= 0.6 is 22.6 Å². The summed E-state index contributed by atoms with van der Waals surface area (Å²) >= 11 is 1.69. The molecule has 1 amide bonds. The van der Waals surface area contributed by atoms with E-state index in [0.29, 0.717) is 22.8 Å². The van der Waals surface area contributed by atoms with Crippen molar-refractivity contribution in [2.45, 2.75) is 13.3 Å². The number of aryl methyl sites for hydroxylation is 1. The number of hydrogen-bond acceptors (Lipinski definition) is 4. The highest BCUT2D eigenvalue weighted by Crippen LogP contribution is 2.25. The molecule has 2 N–H and O–H groups in total. The van der Waals surface area contributed by atoms with Crippen LogP contribution in [0.5, 0.6) is 0 Å². The second kappa shape index (κ2) is 6.35. The molecule has 0 aliphatic heterocycles. The van der Waals surface area contributed by atoms with Crippen LogP contribution in [0.3, 0.4) is 0 Å². The Morgan fingerprint density at radius 1 is 1.18 bits per heavy atom. The Kier molecular flexibility index (Phi) is 4.28. The second-order valence-electron chi connectivity index (χ2n) is 4.78. The number of nitrogens with zero attached hydrogens (tertiary/aromatic N) is 1. The SMILES string of the molecule is CCc1ccc(Nc2nc3cc(NC(=O)I)ccc3o2)cc1. The molecular formula is C16H14IN3O2. The van der Waals surface area contributed by atoms with Crippen LogP contribution in [0.15, 0.2) is 46.9 Å². The van der Waals surface area contributed by atoms with Gasteiger partial charge in [-0.2, -0.15) is 4.98 Å². The van der Waals surface area contributed by atoms with E-state index in [4.69, 9.17) is 4.42 Å². The van der Waals surface area contributed by atoms with Gasteiger partial charge in [-0.3, -0.25) is 4.79 Å². The second-order valence-corrected chi connectivity index (χ2v) is 5.76. The van der Waals surface area contributed by atoms with Crippen molar-refractivity contribution >= 4 is 55.0 Å². The van der Waals surface area contributed by atoms with Gasteiger partial charge in [0, 0.05) is 34.0 Å². The van der Waals surface area contributed by atoms with Gasteiger partial charge in [0.05, 0.1) is 0 Å². The zero-order valence-electron chi connectivity index (χ0n) is 11.9. The summed E-state index contributed by atoms with van der Waals surface area (Å²) in [6.45, 7) is 2.12. The third-order valence-corrected chi connectivity index (χ3v) is 3.51. The molecule has 5 nitrogen and oxygen atoms in total. The highest BCUT2D eigenvalue weighted by Gasteiger charge is 2.07. The standard InChI is InChI=1S/C16H14IN3O2/c1-2-10-3-5-11(6-4-10)19-16-20-13-9-12(18-15(17)21)7-8-14(13)22-16/h3-9H,2H2,1H3,(H,18,21)(H,19,20). The van der Waals surface area contributed by atoms with Gasteiger partial charge >= 0.3 is 0 Å². The molecule has 3 rings (SSSR count). The van der Waals surface area contributed by atoms with Crippen molar-refractivity contribution in [3.05, 3.63) is 48.0 Å². The first-order chi connectivity index (χ1) is 10.6. The zero-order valence-corrected chi connectivity index (χ0v) is 14.0. The van der Waals surface area contributed by atoms with Gasteiger partial charge in [0.2, 0.25) is 0 Å². The largest absolute Gasteiger partial charge is 0.423 e. The van der Waals surface area contributed by atoms with Crippen LogP contribution in [0.25, 0.3) is 11.1 Å². The quantitative estimate of drug-likeness (QED) is 0.359. The normalized spacial score (nSPS) is 10.6. The molecule has 3 aromatic rings. The fraction of sp³-hybridized carbons (Fsp3) is 0.125. The van der Waals surface area contributed by atoms with Gasteiger partial charge < -0.3 is 15.1 Å². The van der Waals surface area contributed by atoms with E-state index in [-0.39, 0.29) is 3.91 Å². The average Bonchev–Trinajstić information content (AvgIpc) is 2.89. The highest BCUT2D eigenvalue weighted by molar-refractivity contribution is 14.1. The summed E-state index contributed by atoms with van der Waals surface area (Å²) < 4.78 is 5.51. The minimum atomic E-state index is -0.144. The Hall–Kier alpha value is -2.09. The van der Waals surface area contributed by atoms with Crippen LogP contribution in [0, 0.1) is 0 Å². The number of amides is 1. The molecule has 0 bridgehead atoms. The Bertz CT molecular complexity index is 812. The molecule has 2 aromatic carbocycles. The van der Waals surface area contributed by atoms with Gasteiger partial charge in [0.15, 0.2) is 5.58 Å². The molecule has 0 aliphatic carbocycles. The topological polar surface area (TPSA) is 67.2 Å². The number of aromatic nitrogens is 1. The number of carbonyl (C=O) groups excluding carboxylic acids is 1. The lowest BCUT2D eigenvalue weighted by molar-refractivity contribution is 0.272. The van der Waals surface area contributed by atoms with E-state index in [2.05, 4.69) is 34.7 Å². The molecule has 22 heavy (non-hydrogen) atoms. The van der Waals surface area contributed by atoms with Crippen molar-refractivity contribution < 1.29 is 9.21 Å². The van der Waals surface area contributed by atoms with E-state index < -0.39 is 0 Å². The fourth-order valence-electron chi connectivity index (χ4n) is 2.12. The molecule has 0 saturated heterocycles. The lowest BCUT2D eigenvalue weighted by atomic mass is 10.1. The lowest BCUT2D eigenvalue weighted by Gasteiger charge is -2.02. The summed E-state index contributed by atoms with van der Waals surface area (Å²) in [4.78, 5) is 15.5. The minimum Gasteiger partial charge on any atom is -0.423 e. The van der Waals surface area contributed by atoms with Crippen LogP contribution in [-0.4, -0.2) is 8.90 Å². The van der Waals surface area contributed by atoms with Gasteiger partial charge in [-0.15, -0.1) is 0 Å². The van der Waals surface area contributed by atoms with E-state index in [0.717, 1.165) is 12.1 Å². The van der Waals surface area contributed by atoms with Crippen molar-refractivity contribution in [2.24, 2.45) is 0 Å². The third kappa shape index (κ3) is 3.38. The number of rotatable bonds is 4. The van der Waals surface area contributed by atoms with Gasteiger partial charge in [-0.1, -0.05) is 19.1 Å². The van der Waals surface area contributed by atoms with Crippen LogP contribution in [0.4, 0.5) is 22.2 Å². The van der Waals surface area contributed by atoms with Crippen LogP contribution in [0.1, 0.15) is 12.5 Å². The molecule has 1 aromatic heterocycles. The molecule has 0 saturated carbocycles. The molecule has 0 atom stereocenters. The van der Waals surface area contributed by atoms with Crippen molar-refractivity contribution in [3.8, 4) is 0 Å². The van der Waals surface area contributed by atoms with Gasteiger partial charge in [-0.25, -0.2) is 0 Å². The van der Waals surface area contributed by atoms with Crippen LogP contribution < -0.4 is 10.6 Å². The summed E-state index contributed by atoms with van der Waals surface area (Å²) in [6, 6.07) is 13.9. The lowest BCUT2D eigenvalue weighted by Crippen LogP contribution is -1.99. The Morgan fingerprint density at radius 3 is 2.59 bits per heavy atom. The number of anilines is 3. The van der Waals surface area contributed by atoms with Crippen LogP contribution in [0.2, 0.25) is 0 Å². The molecular weight excluding hydrogens is 393 g/mol. The van der Waals surface area contributed by atoms with Gasteiger partial charge in [-0.05, 0) is 42.3 Å². The minimum absolute atomic E-state index is 0.144. The predicted molar refractivity (Wildman–Crippen MR) is 96.2 cm³/mol. The van der Waals surface area contributed by atoms with Crippen molar-refractivity contribution in [1.82, 2.24) is 4.98 Å². The summed E-state index contributed by atoms with van der Waals surface area (Å²) in [5.41, 5.74) is 4.25. The zero-order chi connectivity index (χ0) is 15.5. The smallest absolute Gasteiger partial charge is 0.300 e. The van der Waals surface area contributed by atoms with Crippen molar-refractivity contribution in [3.63, 3.8) is 0 Å². The summed E-state index contributed by atoms with van der Waals surface area (Å²) in [6.07, 6.45) is 1.01. The molecule has 0 unspecified atom stereocenters. The van der Waals surface area contributed by atoms with E-state index in [9.17, 15) is 4.79 Å². The predicted octanol–water partition coefficient (Wildman–Crippen LogP) is 5.10. The molecule has 6 heteroatoms. The maximum Gasteiger partial charge on any atom is 0.300 e. The molecule has 112 valence electrons. The first-order valence-electron chi connectivity index (χ1n) is 6.87. The van der Waals surface area contributed by atoms with E-state index in [1.165, 1.54) is 5.56 Å². The fourth-order valence-corrected chi connectivity index (χ4v) is 2.43. The maximum atomic E-state index is 11.1.